The Kier molecular flexibility index (Phi) is 5.40. The van der Waals surface area contributed by atoms with E-state index in [1.807, 2.05) is 23.6 Å². The predicted octanol–water partition coefficient (Wildman–Crippen LogP) is 4.08. The Hall–Kier alpha value is -4.14. The highest BCUT2D eigenvalue weighted by Crippen LogP contribution is 2.35. The summed E-state index contributed by atoms with van der Waals surface area (Å²) >= 11 is 0. The minimum atomic E-state index is -0.788. The second kappa shape index (κ2) is 8.18. The topological polar surface area (TPSA) is 110 Å². The van der Waals surface area contributed by atoms with Gasteiger partial charge in [0.25, 0.3) is 5.69 Å². The summed E-state index contributed by atoms with van der Waals surface area (Å²) in [6.45, 7) is 4.83. The molecule has 2 aromatic carbocycles. The van der Waals surface area contributed by atoms with Gasteiger partial charge in [-0.1, -0.05) is 6.07 Å². The van der Waals surface area contributed by atoms with Crippen molar-refractivity contribution >= 4 is 17.4 Å². The van der Waals surface area contributed by atoms with Crippen molar-refractivity contribution in [1.82, 2.24) is 4.57 Å². The summed E-state index contributed by atoms with van der Waals surface area (Å²) in [6.07, 6.45) is 0. The Labute approximate surface area is 183 Å². The molecule has 0 radical (unpaired) electrons. The van der Waals surface area contributed by atoms with Crippen molar-refractivity contribution in [1.29, 1.82) is 0 Å². The van der Waals surface area contributed by atoms with Gasteiger partial charge >= 0.3 is 5.97 Å². The summed E-state index contributed by atoms with van der Waals surface area (Å²) in [5.41, 5.74) is 2.81. The largest absolute Gasteiger partial charge is 0.454 e. The van der Waals surface area contributed by atoms with E-state index in [4.69, 9.17) is 14.2 Å². The molecule has 1 aliphatic heterocycles. The monoisotopic (exact) mass is 436 g/mol. The van der Waals surface area contributed by atoms with Gasteiger partial charge in [0, 0.05) is 40.3 Å². The van der Waals surface area contributed by atoms with Crippen molar-refractivity contribution < 1.29 is 28.7 Å². The molecule has 32 heavy (non-hydrogen) atoms. The van der Waals surface area contributed by atoms with Crippen LogP contribution in [-0.2, 0) is 4.74 Å². The number of ether oxygens (including phenoxy) is 3. The van der Waals surface area contributed by atoms with Crippen molar-refractivity contribution in [3.8, 4) is 17.2 Å². The molecule has 0 atom stereocenters. The normalized spacial score (nSPS) is 12.0. The molecule has 1 aromatic heterocycles. The minimum Gasteiger partial charge on any atom is -0.454 e. The molecule has 0 aliphatic carbocycles. The maximum absolute atomic E-state index is 12.8. The molecule has 4 rings (SSSR count). The standard InChI is InChI=1S/C23H20N2O7/c1-13-9-18(15(3)24(13)16-7-8-21-22(10-16)32-12-31-21)20(26)11-30-23(27)17-5-4-6-19(14(17)2)25(28)29/h4-10H,11-12H2,1-3H3. The smallest absolute Gasteiger partial charge is 0.339 e. The number of benzene rings is 2. The van der Waals surface area contributed by atoms with E-state index in [0.717, 1.165) is 11.4 Å². The van der Waals surface area contributed by atoms with E-state index in [-0.39, 0.29) is 29.4 Å². The number of nitro groups is 1. The molecule has 0 amide bonds. The van der Waals surface area contributed by atoms with Crippen LogP contribution in [0.2, 0.25) is 0 Å². The van der Waals surface area contributed by atoms with Crippen LogP contribution in [0.15, 0.2) is 42.5 Å². The summed E-state index contributed by atoms with van der Waals surface area (Å²) in [5.74, 6) is 0.130. The van der Waals surface area contributed by atoms with E-state index < -0.39 is 17.5 Å². The quantitative estimate of drug-likeness (QED) is 0.248. The highest BCUT2D eigenvalue weighted by Gasteiger charge is 2.23. The summed E-state index contributed by atoms with van der Waals surface area (Å²) < 4.78 is 17.9. The zero-order valence-electron chi connectivity index (χ0n) is 17.7. The van der Waals surface area contributed by atoms with Gasteiger partial charge < -0.3 is 18.8 Å². The zero-order valence-corrected chi connectivity index (χ0v) is 17.7. The lowest BCUT2D eigenvalue weighted by molar-refractivity contribution is -0.385. The molecule has 9 heteroatoms. The van der Waals surface area contributed by atoms with Gasteiger partial charge in [-0.25, -0.2) is 4.79 Å². The number of nitro benzene ring substituents is 1. The van der Waals surface area contributed by atoms with Crippen LogP contribution in [0.1, 0.15) is 37.7 Å². The lowest BCUT2D eigenvalue weighted by Gasteiger charge is -2.11. The van der Waals surface area contributed by atoms with Crippen LogP contribution < -0.4 is 9.47 Å². The van der Waals surface area contributed by atoms with Crippen LogP contribution in [0.3, 0.4) is 0 Å². The van der Waals surface area contributed by atoms with Gasteiger partial charge in [0.2, 0.25) is 12.6 Å². The number of carbonyl (C=O) groups excluding carboxylic acids is 2. The molecule has 0 fully saturated rings. The third kappa shape index (κ3) is 3.68. The molecular formula is C23H20N2O7. The lowest BCUT2D eigenvalue weighted by atomic mass is 10.1. The number of carbonyl (C=O) groups is 2. The number of hydrogen-bond donors (Lipinski definition) is 0. The first-order valence-corrected chi connectivity index (χ1v) is 9.81. The second-order valence-electron chi connectivity index (χ2n) is 7.36. The maximum Gasteiger partial charge on any atom is 0.339 e. The molecule has 0 saturated carbocycles. The maximum atomic E-state index is 12.8. The average molecular weight is 436 g/mol. The van der Waals surface area contributed by atoms with Crippen LogP contribution in [-0.4, -0.2) is 34.6 Å². The summed E-state index contributed by atoms with van der Waals surface area (Å²) in [6, 6.07) is 11.4. The van der Waals surface area contributed by atoms with Gasteiger partial charge in [0.05, 0.1) is 10.5 Å². The van der Waals surface area contributed by atoms with E-state index in [2.05, 4.69) is 0 Å². The second-order valence-corrected chi connectivity index (χ2v) is 7.36. The van der Waals surface area contributed by atoms with E-state index in [9.17, 15) is 19.7 Å². The van der Waals surface area contributed by atoms with Crippen LogP contribution in [0.5, 0.6) is 11.5 Å². The van der Waals surface area contributed by atoms with Gasteiger partial charge in [-0.2, -0.15) is 0 Å². The van der Waals surface area contributed by atoms with Crippen molar-refractivity contribution in [2.24, 2.45) is 0 Å². The molecule has 0 saturated heterocycles. The van der Waals surface area contributed by atoms with Crippen LogP contribution in [0.4, 0.5) is 5.69 Å². The van der Waals surface area contributed by atoms with Crippen molar-refractivity contribution in [2.45, 2.75) is 20.8 Å². The molecule has 1 aliphatic rings. The summed E-state index contributed by atoms with van der Waals surface area (Å²) in [4.78, 5) is 35.8. The molecule has 2 heterocycles. The number of esters is 1. The number of ketones is 1. The molecule has 3 aromatic rings. The molecule has 0 spiro atoms. The number of Topliss-reactive ketones (excluding diaryl/α,β-unsaturated/α-hetero) is 1. The van der Waals surface area contributed by atoms with Crippen LogP contribution in [0.25, 0.3) is 5.69 Å². The number of nitrogens with zero attached hydrogens (tertiary/aromatic N) is 2. The first-order valence-electron chi connectivity index (χ1n) is 9.81. The van der Waals surface area contributed by atoms with Gasteiger partial charge in [0.1, 0.15) is 0 Å². The predicted molar refractivity (Wildman–Crippen MR) is 114 cm³/mol. The van der Waals surface area contributed by atoms with E-state index in [1.165, 1.54) is 25.1 Å². The Balaban J connectivity index is 1.53. The van der Waals surface area contributed by atoms with Crippen LogP contribution >= 0.6 is 0 Å². The third-order valence-electron chi connectivity index (χ3n) is 5.40. The molecule has 0 bridgehead atoms. The highest BCUT2D eigenvalue weighted by atomic mass is 16.7. The lowest BCUT2D eigenvalue weighted by Crippen LogP contribution is -2.16. The van der Waals surface area contributed by atoms with Gasteiger partial charge in [0.15, 0.2) is 18.1 Å². The Morgan fingerprint density at radius 3 is 2.56 bits per heavy atom. The number of aryl methyl sites for hydroxylation is 1. The first-order chi connectivity index (χ1) is 15.3. The molecule has 9 nitrogen and oxygen atoms in total. The third-order valence-corrected chi connectivity index (χ3v) is 5.40. The fraction of sp³-hybridized carbons (Fsp3) is 0.217. The molecule has 164 valence electrons. The first kappa shape index (κ1) is 21.1. The van der Waals surface area contributed by atoms with Gasteiger partial charge in [-0.05, 0) is 45.0 Å². The van der Waals surface area contributed by atoms with Gasteiger partial charge in [-0.15, -0.1) is 0 Å². The van der Waals surface area contributed by atoms with Crippen molar-refractivity contribution in [2.75, 3.05) is 13.4 Å². The Morgan fingerprint density at radius 1 is 1.06 bits per heavy atom. The minimum absolute atomic E-state index is 0.0535. The SMILES string of the molecule is Cc1c(C(=O)OCC(=O)c2cc(C)n(-c3ccc4c(c3)OCO4)c2C)cccc1[N+](=O)[O-]. The van der Waals surface area contributed by atoms with E-state index in [1.54, 1.807) is 19.1 Å². The Bertz CT molecular complexity index is 1260. The number of rotatable bonds is 6. The number of hydrogen-bond acceptors (Lipinski definition) is 7. The Morgan fingerprint density at radius 2 is 1.81 bits per heavy atom. The summed E-state index contributed by atoms with van der Waals surface area (Å²) in [7, 11) is 0. The highest BCUT2D eigenvalue weighted by molar-refractivity contribution is 6.01. The fourth-order valence-corrected chi connectivity index (χ4v) is 3.80. The average Bonchev–Trinajstić information content (AvgIpc) is 3.34. The zero-order chi connectivity index (χ0) is 23.0. The molecule has 0 N–H and O–H groups in total. The number of aromatic nitrogens is 1. The van der Waals surface area contributed by atoms with Crippen molar-refractivity contribution in [3.05, 3.63) is 80.7 Å². The molecule has 0 unspecified atom stereocenters. The number of fused-ring (bicyclic) bond motifs is 1. The van der Waals surface area contributed by atoms with E-state index in [0.29, 0.717) is 22.8 Å². The van der Waals surface area contributed by atoms with E-state index >= 15 is 0 Å². The van der Waals surface area contributed by atoms with Gasteiger partial charge in [-0.3, -0.25) is 14.9 Å². The van der Waals surface area contributed by atoms with Crippen molar-refractivity contribution in [3.63, 3.8) is 0 Å². The molecular weight excluding hydrogens is 416 g/mol. The van der Waals surface area contributed by atoms with Crippen LogP contribution in [0, 0.1) is 30.9 Å². The summed E-state index contributed by atoms with van der Waals surface area (Å²) in [5, 5.41) is 11.1. The fourth-order valence-electron chi connectivity index (χ4n) is 3.80.